The van der Waals surface area contributed by atoms with Crippen LogP contribution in [-0.4, -0.2) is 15.8 Å². The van der Waals surface area contributed by atoms with Crippen LogP contribution in [0.1, 0.15) is 32.6 Å². The van der Waals surface area contributed by atoms with Gasteiger partial charge < -0.3 is 11.1 Å². The summed E-state index contributed by atoms with van der Waals surface area (Å²) in [4.78, 5) is 0. The predicted octanol–water partition coefficient (Wildman–Crippen LogP) is 1.99. The number of hydrogen-bond donors (Lipinski definition) is 2. The van der Waals surface area contributed by atoms with E-state index in [0.717, 1.165) is 23.8 Å². The van der Waals surface area contributed by atoms with Crippen molar-refractivity contribution in [3.63, 3.8) is 0 Å². The van der Waals surface area contributed by atoms with Crippen LogP contribution in [0, 0.1) is 5.92 Å². The SMILES string of the molecule is CCC(CC1CC1)Nc1nn(C)cc1N. The number of nitrogen functional groups attached to an aromatic ring is 1. The molecule has 1 heterocycles. The minimum absolute atomic E-state index is 0.523. The molecule has 1 atom stereocenters. The van der Waals surface area contributed by atoms with E-state index in [9.17, 15) is 0 Å². The van der Waals surface area contributed by atoms with Crippen molar-refractivity contribution in [1.82, 2.24) is 9.78 Å². The van der Waals surface area contributed by atoms with Gasteiger partial charge in [0.25, 0.3) is 0 Å². The van der Waals surface area contributed by atoms with Gasteiger partial charge in [-0.2, -0.15) is 5.10 Å². The van der Waals surface area contributed by atoms with Crippen molar-refractivity contribution in [2.45, 2.75) is 38.6 Å². The van der Waals surface area contributed by atoms with Crippen LogP contribution in [0.3, 0.4) is 0 Å². The first-order chi connectivity index (χ1) is 7.19. The van der Waals surface area contributed by atoms with E-state index in [2.05, 4.69) is 17.3 Å². The van der Waals surface area contributed by atoms with Crippen LogP contribution in [-0.2, 0) is 7.05 Å². The second kappa shape index (κ2) is 4.13. The molecule has 1 aliphatic rings. The molecule has 1 unspecified atom stereocenters. The molecule has 0 saturated heterocycles. The Balaban J connectivity index is 1.95. The van der Waals surface area contributed by atoms with Crippen LogP contribution >= 0.6 is 0 Å². The Morgan fingerprint density at radius 3 is 2.87 bits per heavy atom. The average Bonchev–Trinajstić information content (AvgIpc) is 2.93. The lowest BCUT2D eigenvalue weighted by Gasteiger charge is -2.16. The second-order valence-corrected chi connectivity index (χ2v) is 4.54. The summed E-state index contributed by atoms with van der Waals surface area (Å²) in [5.41, 5.74) is 6.59. The van der Waals surface area contributed by atoms with Gasteiger partial charge >= 0.3 is 0 Å². The number of hydrogen-bond acceptors (Lipinski definition) is 3. The zero-order valence-corrected chi connectivity index (χ0v) is 9.53. The van der Waals surface area contributed by atoms with Crippen molar-refractivity contribution < 1.29 is 0 Å². The van der Waals surface area contributed by atoms with E-state index in [4.69, 9.17) is 5.73 Å². The van der Waals surface area contributed by atoms with Gasteiger partial charge in [0.2, 0.25) is 0 Å². The highest BCUT2D eigenvalue weighted by atomic mass is 15.3. The van der Waals surface area contributed by atoms with Gasteiger partial charge in [0.05, 0.1) is 5.69 Å². The van der Waals surface area contributed by atoms with Gasteiger partial charge in [0, 0.05) is 19.3 Å². The molecule has 0 aliphatic heterocycles. The fourth-order valence-corrected chi connectivity index (χ4v) is 1.90. The van der Waals surface area contributed by atoms with Crippen LogP contribution in [0.2, 0.25) is 0 Å². The third-order valence-electron chi connectivity index (χ3n) is 3.01. The summed E-state index contributed by atoms with van der Waals surface area (Å²) in [5, 5.41) is 7.74. The summed E-state index contributed by atoms with van der Waals surface area (Å²) < 4.78 is 1.75. The van der Waals surface area contributed by atoms with Crippen molar-refractivity contribution in [2.24, 2.45) is 13.0 Å². The van der Waals surface area contributed by atoms with Gasteiger partial charge in [-0.25, -0.2) is 0 Å². The topological polar surface area (TPSA) is 55.9 Å². The number of anilines is 2. The molecule has 4 heteroatoms. The lowest BCUT2D eigenvalue weighted by atomic mass is 10.1. The fraction of sp³-hybridized carbons (Fsp3) is 0.727. The Hall–Kier alpha value is -1.19. The summed E-state index contributed by atoms with van der Waals surface area (Å²) in [5.74, 6) is 1.78. The Morgan fingerprint density at radius 1 is 1.67 bits per heavy atom. The van der Waals surface area contributed by atoms with Crippen LogP contribution in [0.15, 0.2) is 6.20 Å². The summed E-state index contributed by atoms with van der Waals surface area (Å²) >= 11 is 0. The molecule has 1 aromatic heterocycles. The van der Waals surface area contributed by atoms with Crippen LogP contribution in [0.5, 0.6) is 0 Å². The maximum atomic E-state index is 5.84. The highest BCUT2D eigenvalue weighted by Crippen LogP contribution is 2.35. The number of nitrogens with two attached hydrogens (primary N) is 1. The maximum absolute atomic E-state index is 5.84. The summed E-state index contributed by atoms with van der Waals surface area (Å²) in [7, 11) is 1.89. The van der Waals surface area contributed by atoms with E-state index in [-0.39, 0.29) is 0 Å². The van der Waals surface area contributed by atoms with Gasteiger partial charge in [-0.3, -0.25) is 4.68 Å². The summed E-state index contributed by atoms with van der Waals surface area (Å²) in [6.45, 7) is 2.21. The molecule has 1 aliphatic carbocycles. The molecule has 2 rings (SSSR count). The molecule has 0 radical (unpaired) electrons. The molecule has 15 heavy (non-hydrogen) atoms. The lowest BCUT2D eigenvalue weighted by Crippen LogP contribution is -2.20. The zero-order chi connectivity index (χ0) is 10.8. The second-order valence-electron chi connectivity index (χ2n) is 4.54. The number of aromatic nitrogens is 2. The van der Waals surface area contributed by atoms with Gasteiger partial charge in [0.15, 0.2) is 5.82 Å². The lowest BCUT2D eigenvalue weighted by molar-refractivity contribution is 0.583. The quantitative estimate of drug-likeness (QED) is 0.778. The smallest absolute Gasteiger partial charge is 0.171 e. The van der Waals surface area contributed by atoms with Crippen molar-refractivity contribution in [3.8, 4) is 0 Å². The Morgan fingerprint density at radius 2 is 2.40 bits per heavy atom. The number of nitrogens with zero attached hydrogens (tertiary/aromatic N) is 2. The van der Waals surface area contributed by atoms with Crippen LogP contribution in [0.25, 0.3) is 0 Å². The monoisotopic (exact) mass is 208 g/mol. The number of nitrogens with one attached hydrogen (secondary N) is 1. The van der Waals surface area contributed by atoms with Crippen molar-refractivity contribution in [1.29, 1.82) is 0 Å². The molecule has 4 nitrogen and oxygen atoms in total. The van der Waals surface area contributed by atoms with E-state index in [1.807, 2.05) is 13.2 Å². The fourth-order valence-electron chi connectivity index (χ4n) is 1.90. The van der Waals surface area contributed by atoms with E-state index >= 15 is 0 Å². The van der Waals surface area contributed by atoms with E-state index in [1.54, 1.807) is 4.68 Å². The van der Waals surface area contributed by atoms with Gasteiger partial charge in [-0.05, 0) is 18.8 Å². The maximum Gasteiger partial charge on any atom is 0.171 e. The van der Waals surface area contributed by atoms with Gasteiger partial charge in [-0.1, -0.05) is 19.8 Å². The molecule has 1 aromatic rings. The third kappa shape index (κ3) is 2.64. The van der Waals surface area contributed by atoms with E-state index < -0.39 is 0 Å². The van der Waals surface area contributed by atoms with Gasteiger partial charge in [0.1, 0.15) is 0 Å². The first kappa shape index (κ1) is 10.3. The van der Waals surface area contributed by atoms with Crippen LogP contribution < -0.4 is 11.1 Å². The first-order valence-electron chi connectivity index (χ1n) is 5.74. The molecule has 3 N–H and O–H groups in total. The predicted molar refractivity (Wildman–Crippen MR) is 62.7 cm³/mol. The molecule has 0 aromatic carbocycles. The Kier molecular flexibility index (Phi) is 2.84. The highest BCUT2D eigenvalue weighted by molar-refractivity contribution is 5.60. The Bertz CT molecular complexity index is 327. The van der Waals surface area contributed by atoms with E-state index in [1.165, 1.54) is 19.3 Å². The first-order valence-corrected chi connectivity index (χ1v) is 5.74. The minimum atomic E-state index is 0.523. The number of rotatable bonds is 5. The molecule has 0 amide bonds. The molecular formula is C11H20N4. The molecule has 84 valence electrons. The van der Waals surface area contributed by atoms with Crippen LogP contribution in [0.4, 0.5) is 11.5 Å². The zero-order valence-electron chi connectivity index (χ0n) is 9.53. The Labute approximate surface area is 90.8 Å². The summed E-state index contributed by atoms with van der Waals surface area (Å²) in [6, 6.07) is 0.523. The largest absolute Gasteiger partial charge is 0.394 e. The normalized spacial score (nSPS) is 17.7. The molecule has 0 spiro atoms. The number of aryl methyl sites for hydroxylation is 1. The third-order valence-corrected chi connectivity index (χ3v) is 3.01. The molecule has 0 bridgehead atoms. The van der Waals surface area contributed by atoms with Gasteiger partial charge in [-0.15, -0.1) is 0 Å². The molecular weight excluding hydrogens is 188 g/mol. The minimum Gasteiger partial charge on any atom is -0.394 e. The average molecular weight is 208 g/mol. The highest BCUT2D eigenvalue weighted by Gasteiger charge is 2.25. The summed E-state index contributed by atoms with van der Waals surface area (Å²) in [6.07, 6.45) is 7.02. The molecule has 1 saturated carbocycles. The van der Waals surface area contributed by atoms with Crippen molar-refractivity contribution in [3.05, 3.63) is 6.20 Å². The standard InChI is InChI=1S/C11H20N4/c1-3-9(6-8-4-5-8)13-11-10(12)7-15(2)14-11/h7-9H,3-6,12H2,1-2H3,(H,13,14). The van der Waals surface area contributed by atoms with Crippen molar-refractivity contribution >= 4 is 11.5 Å². The van der Waals surface area contributed by atoms with Crippen molar-refractivity contribution in [2.75, 3.05) is 11.1 Å². The molecule has 1 fully saturated rings. The van der Waals surface area contributed by atoms with E-state index in [0.29, 0.717) is 6.04 Å².